The first-order valence-corrected chi connectivity index (χ1v) is 6.35. The molecule has 2 rings (SSSR count). The summed E-state index contributed by atoms with van der Waals surface area (Å²) in [6, 6.07) is 11.5. The van der Waals surface area contributed by atoms with E-state index in [4.69, 9.17) is 0 Å². The Bertz CT molecular complexity index is 516. The predicted molar refractivity (Wildman–Crippen MR) is 72.0 cm³/mol. The number of Topliss-reactive ketones (excluding diaryl/α,β-unsaturated/α-hetero) is 1. The number of aromatic nitrogens is 2. The van der Waals surface area contributed by atoms with Crippen LogP contribution in [0.15, 0.2) is 42.6 Å². The number of hydrogen-bond donors (Lipinski definition) is 0. The van der Waals surface area contributed by atoms with Crippen molar-refractivity contribution in [2.24, 2.45) is 5.92 Å². The number of rotatable bonds is 5. The number of para-hydroxylation sites is 1. The molecule has 0 amide bonds. The van der Waals surface area contributed by atoms with Gasteiger partial charge in [-0.05, 0) is 24.1 Å². The molecule has 0 spiro atoms. The molecule has 2 aromatic rings. The van der Waals surface area contributed by atoms with E-state index in [2.05, 4.69) is 18.9 Å². The Hall–Kier alpha value is -1.90. The molecule has 0 saturated heterocycles. The minimum Gasteiger partial charge on any atom is -0.292 e. The van der Waals surface area contributed by atoms with Gasteiger partial charge in [0.05, 0.1) is 11.9 Å². The molecule has 1 aromatic carbocycles. The number of hydrogen-bond acceptors (Lipinski definition) is 2. The van der Waals surface area contributed by atoms with Gasteiger partial charge in [0.1, 0.15) is 5.69 Å². The first kappa shape index (κ1) is 12.6. The van der Waals surface area contributed by atoms with Gasteiger partial charge in [0.25, 0.3) is 0 Å². The summed E-state index contributed by atoms with van der Waals surface area (Å²) in [6.45, 7) is 4.20. The fraction of sp³-hybridized carbons (Fsp3) is 0.333. The third-order valence-electron chi connectivity index (χ3n) is 3.16. The van der Waals surface area contributed by atoms with Crippen molar-refractivity contribution in [1.82, 2.24) is 9.78 Å². The summed E-state index contributed by atoms with van der Waals surface area (Å²) in [5, 5.41) is 4.24. The molecule has 0 radical (unpaired) electrons. The van der Waals surface area contributed by atoms with Gasteiger partial charge in [-0.1, -0.05) is 38.5 Å². The van der Waals surface area contributed by atoms with E-state index in [0.717, 1.165) is 12.1 Å². The number of carbonyl (C=O) groups is 1. The van der Waals surface area contributed by atoms with Crippen molar-refractivity contribution in [1.29, 1.82) is 0 Å². The summed E-state index contributed by atoms with van der Waals surface area (Å²) in [6.07, 6.45) is 3.27. The molecule has 0 aliphatic rings. The molecule has 3 heteroatoms. The molecule has 94 valence electrons. The van der Waals surface area contributed by atoms with E-state index in [9.17, 15) is 4.79 Å². The van der Waals surface area contributed by atoms with Crippen LogP contribution in [0.4, 0.5) is 0 Å². The highest BCUT2D eigenvalue weighted by Crippen LogP contribution is 2.15. The highest BCUT2D eigenvalue weighted by Gasteiger charge is 2.15. The minimum atomic E-state index is 0.158. The minimum absolute atomic E-state index is 0.158. The Labute approximate surface area is 107 Å². The molecule has 1 heterocycles. The van der Waals surface area contributed by atoms with Crippen molar-refractivity contribution in [2.75, 3.05) is 0 Å². The third-order valence-corrected chi connectivity index (χ3v) is 3.16. The molecule has 0 bridgehead atoms. The molecule has 1 aromatic heterocycles. The number of ketones is 1. The van der Waals surface area contributed by atoms with Gasteiger partial charge < -0.3 is 0 Å². The van der Waals surface area contributed by atoms with Gasteiger partial charge in [-0.2, -0.15) is 5.10 Å². The van der Waals surface area contributed by atoms with Crippen molar-refractivity contribution in [3.05, 3.63) is 48.3 Å². The topological polar surface area (TPSA) is 34.9 Å². The van der Waals surface area contributed by atoms with E-state index < -0.39 is 0 Å². The zero-order valence-electron chi connectivity index (χ0n) is 10.8. The second-order valence-electron chi connectivity index (χ2n) is 4.60. The molecular formula is C15H18N2O. The van der Waals surface area contributed by atoms with Crippen molar-refractivity contribution < 1.29 is 4.79 Å². The van der Waals surface area contributed by atoms with Crippen LogP contribution in [0.1, 0.15) is 37.2 Å². The van der Waals surface area contributed by atoms with E-state index in [0.29, 0.717) is 18.0 Å². The van der Waals surface area contributed by atoms with Crippen molar-refractivity contribution in [2.45, 2.75) is 26.7 Å². The maximum absolute atomic E-state index is 12.2. The van der Waals surface area contributed by atoms with Crippen LogP contribution in [0.25, 0.3) is 5.69 Å². The fourth-order valence-electron chi connectivity index (χ4n) is 1.85. The van der Waals surface area contributed by atoms with Crippen LogP contribution < -0.4 is 0 Å². The van der Waals surface area contributed by atoms with Gasteiger partial charge in [-0.25, -0.2) is 4.68 Å². The first-order valence-electron chi connectivity index (χ1n) is 6.35. The average molecular weight is 242 g/mol. The number of carbonyl (C=O) groups excluding carboxylic acids is 1. The molecule has 3 nitrogen and oxygen atoms in total. The van der Waals surface area contributed by atoms with Gasteiger partial charge in [0.2, 0.25) is 0 Å². The van der Waals surface area contributed by atoms with Crippen LogP contribution >= 0.6 is 0 Å². The van der Waals surface area contributed by atoms with Crippen LogP contribution in [0, 0.1) is 5.92 Å². The lowest BCUT2D eigenvalue weighted by atomic mass is 10.0. The summed E-state index contributed by atoms with van der Waals surface area (Å²) >= 11 is 0. The lowest BCUT2D eigenvalue weighted by Crippen LogP contribution is -2.11. The van der Waals surface area contributed by atoms with Gasteiger partial charge in [-0.3, -0.25) is 4.79 Å². The highest BCUT2D eigenvalue weighted by atomic mass is 16.1. The van der Waals surface area contributed by atoms with Crippen LogP contribution in [0.5, 0.6) is 0 Å². The largest absolute Gasteiger partial charge is 0.292 e. The van der Waals surface area contributed by atoms with Gasteiger partial charge >= 0.3 is 0 Å². The van der Waals surface area contributed by atoms with Crippen LogP contribution in [-0.4, -0.2) is 15.6 Å². The Morgan fingerprint density at radius 3 is 2.67 bits per heavy atom. The molecule has 0 saturated carbocycles. The van der Waals surface area contributed by atoms with E-state index in [1.54, 1.807) is 16.9 Å². The van der Waals surface area contributed by atoms with Crippen LogP contribution in [0.2, 0.25) is 0 Å². The maximum atomic E-state index is 12.2. The molecule has 0 N–H and O–H groups in total. The van der Waals surface area contributed by atoms with Gasteiger partial charge in [0.15, 0.2) is 5.78 Å². The third kappa shape index (κ3) is 2.67. The summed E-state index contributed by atoms with van der Waals surface area (Å²) in [7, 11) is 0. The zero-order valence-corrected chi connectivity index (χ0v) is 10.8. The molecule has 0 aliphatic heterocycles. The smallest absolute Gasteiger partial charge is 0.181 e. The lowest BCUT2D eigenvalue weighted by molar-refractivity contribution is 0.0956. The number of benzene rings is 1. The molecular weight excluding hydrogens is 224 g/mol. The Kier molecular flexibility index (Phi) is 3.92. The number of nitrogens with zero attached hydrogens (tertiary/aromatic N) is 2. The second-order valence-corrected chi connectivity index (χ2v) is 4.60. The Morgan fingerprint density at radius 2 is 2.00 bits per heavy atom. The van der Waals surface area contributed by atoms with Crippen molar-refractivity contribution >= 4 is 5.78 Å². The quantitative estimate of drug-likeness (QED) is 0.752. The molecule has 18 heavy (non-hydrogen) atoms. The summed E-state index contributed by atoms with van der Waals surface area (Å²) in [5.74, 6) is 0.572. The average Bonchev–Trinajstić information content (AvgIpc) is 2.88. The van der Waals surface area contributed by atoms with Crippen molar-refractivity contribution in [3.63, 3.8) is 0 Å². The monoisotopic (exact) mass is 242 g/mol. The van der Waals surface area contributed by atoms with Crippen molar-refractivity contribution in [3.8, 4) is 5.69 Å². The Morgan fingerprint density at radius 1 is 1.28 bits per heavy atom. The highest BCUT2D eigenvalue weighted by molar-refractivity contribution is 5.95. The zero-order chi connectivity index (χ0) is 13.0. The second kappa shape index (κ2) is 5.63. The molecule has 0 aliphatic carbocycles. The first-order chi connectivity index (χ1) is 8.72. The lowest BCUT2D eigenvalue weighted by Gasteiger charge is -2.09. The van der Waals surface area contributed by atoms with Crippen LogP contribution in [-0.2, 0) is 0 Å². The van der Waals surface area contributed by atoms with Gasteiger partial charge in [-0.15, -0.1) is 0 Å². The van der Waals surface area contributed by atoms with Crippen LogP contribution in [0.3, 0.4) is 0 Å². The molecule has 0 fully saturated rings. The van der Waals surface area contributed by atoms with E-state index >= 15 is 0 Å². The summed E-state index contributed by atoms with van der Waals surface area (Å²) < 4.78 is 1.71. The molecule has 1 unspecified atom stereocenters. The Balaban J connectivity index is 2.26. The van der Waals surface area contributed by atoms with Gasteiger partial charge in [0, 0.05) is 6.42 Å². The van der Waals surface area contributed by atoms with E-state index in [1.165, 1.54) is 0 Å². The molecule has 1 atom stereocenters. The van der Waals surface area contributed by atoms with E-state index in [-0.39, 0.29) is 5.78 Å². The summed E-state index contributed by atoms with van der Waals surface area (Å²) in [4.78, 5) is 12.2. The SMILES string of the molecule is CCC(C)CC(=O)c1ccnn1-c1ccccc1. The fourth-order valence-corrected chi connectivity index (χ4v) is 1.85. The predicted octanol–water partition coefficient (Wildman–Crippen LogP) is 3.49. The summed E-state index contributed by atoms with van der Waals surface area (Å²) in [5.41, 5.74) is 1.59. The normalized spacial score (nSPS) is 12.3. The van der Waals surface area contributed by atoms with E-state index in [1.807, 2.05) is 30.3 Å². The maximum Gasteiger partial charge on any atom is 0.181 e. The standard InChI is InChI=1S/C15H18N2O/c1-3-12(2)11-15(18)14-9-10-16-17(14)13-7-5-4-6-8-13/h4-10,12H,3,11H2,1-2H3.